The van der Waals surface area contributed by atoms with E-state index in [2.05, 4.69) is 20.6 Å². The van der Waals surface area contributed by atoms with Gasteiger partial charge in [0.2, 0.25) is 0 Å². The molecule has 0 aliphatic carbocycles. The smallest absolute Gasteiger partial charge is 0.337 e. The predicted octanol–water partition coefficient (Wildman–Crippen LogP) is 3.14. The summed E-state index contributed by atoms with van der Waals surface area (Å²) in [7, 11) is 1.36. The van der Waals surface area contributed by atoms with Crippen molar-refractivity contribution in [3.05, 3.63) is 41.7 Å². The molecule has 0 aliphatic rings. The number of aryl methyl sites for hydroxylation is 1. The van der Waals surface area contributed by atoms with Crippen LogP contribution in [0.5, 0.6) is 0 Å². The molecular weight excluding hydrogens is 280 g/mol. The van der Waals surface area contributed by atoms with Crippen molar-refractivity contribution < 1.29 is 9.53 Å². The maximum absolute atomic E-state index is 11.6. The zero-order valence-corrected chi connectivity index (χ0v) is 13.2. The molecule has 0 bridgehead atoms. The van der Waals surface area contributed by atoms with Crippen LogP contribution in [0.4, 0.5) is 17.3 Å². The first-order chi connectivity index (χ1) is 10.5. The van der Waals surface area contributed by atoms with E-state index in [0.29, 0.717) is 17.2 Å². The minimum Gasteiger partial charge on any atom is -0.465 e. The second-order valence-electron chi connectivity index (χ2n) is 5.18. The molecule has 0 radical (unpaired) electrons. The lowest BCUT2D eigenvalue weighted by Crippen LogP contribution is -2.12. The highest BCUT2D eigenvalue weighted by Crippen LogP contribution is 2.19. The Morgan fingerprint density at radius 2 is 1.91 bits per heavy atom. The number of ether oxygens (including phenoxy) is 1. The van der Waals surface area contributed by atoms with E-state index in [0.717, 1.165) is 11.5 Å². The molecule has 2 N–H and O–H groups in total. The fourth-order valence-corrected chi connectivity index (χ4v) is 1.99. The number of aromatic nitrogens is 2. The number of esters is 1. The van der Waals surface area contributed by atoms with Gasteiger partial charge in [-0.05, 0) is 39.0 Å². The van der Waals surface area contributed by atoms with Crippen molar-refractivity contribution in [2.45, 2.75) is 26.8 Å². The van der Waals surface area contributed by atoms with Gasteiger partial charge in [-0.2, -0.15) is 0 Å². The maximum atomic E-state index is 11.6. The zero-order chi connectivity index (χ0) is 16.1. The molecule has 6 heteroatoms. The third-order valence-electron chi connectivity index (χ3n) is 2.83. The van der Waals surface area contributed by atoms with Crippen LogP contribution >= 0.6 is 0 Å². The minimum atomic E-state index is -0.371. The van der Waals surface area contributed by atoms with E-state index in [4.69, 9.17) is 4.74 Å². The number of hydrogen-bond acceptors (Lipinski definition) is 6. The monoisotopic (exact) mass is 300 g/mol. The zero-order valence-electron chi connectivity index (χ0n) is 13.2. The Hall–Kier alpha value is -2.63. The molecule has 22 heavy (non-hydrogen) atoms. The fraction of sp³-hybridized carbons (Fsp3) is 0.312. The van der Waals surface area contributed by atoms with Gasteiger partial charge in [-0.15, -0.1) is 0 Å². The van der Waals surface area contributed by atoms with Crippen molar-refractivity contribution in [1.29, 1.82) is 0 Å². The van der Waals surface area contributed by atoms with Crippen LogP contribution in [0.2, 0.25) is 0 Å². The van der Waals surface area contributed by atoms with Crippen LogP contribution in [0.3, 0.4) is 0 Å². The first-order valence-electron chi connectivity index (χ1n) is 7.05. The van der Waals surface area contributed by atoms with Crippen LogP contribution in [0.15, 0.2) is 30.3 Å². The van der Waals surface area contributed by atoms with Crippen LogP contribution in [-0.4, -0.2) is 29.1 Å². The predicted molar refractivity (Wildman–Crippen MR) is 86.6 cm³/mol. The summed E-state index contributed by atoms with van der Waals surface area (Å²) < 4.78 is 4.72. The molecule has 0 aliphatic heterocycles. The van der Waals surface area contributed by atoms with Crippen molar-refractivity contribution in [1.82, 2.24) is 9.97 Å². The molecule has 6 nitrogen and oxygen atoms in total. The van der Waals surface area contributed by atoms with E-state index < -0.39 is 0 Å². The van der Waals surface area contributed by atoms with Crippen LogP contribution in [0.1, 0.15) is 30.0 Å². The molecule has 0 saturated carbocycles. The van der Waals surface area contributed by atoms with Gasteiger partial charge in [0, 0.05) is 17.8 Å². The van der Waals surface area contributed by atoms with Crippen molar-refractivity contribution in [3.8, 4) is 0 Å². The van der Waals surface area contributed by atoms with Gasteiger partial charge in [0.25, 0.3) is 0 Å². The summed E-state index contributed by atoms with van der Waals surface area (Å²) in [5, 5.41) is 6.42. The molecule has 2 rings (SSSR count). The van der Waals surface area contributed by atoms with Crippen molar-refractivity contribution in [2.75, 3.05) is 17.7 Å². The van der Waals surface area contributed by atoms with Crippen molar-refractivity contribution in [3.63, 3.8) is 0 Å². The third-order valence-corrected chi connectivity index (χ3v) is 2.83. The van der Waals surface area contributed by atoms with Gasteiger partial charge in [-0.3, -0.25) is 0 Å². The van der Waals surface area contributed by atoms with Crippen LogP contribution in [0.25, 0.3) is 0 Å². The van der Waals surface area contributed by atoms with Crippen LogP contribution < -0.4 is 10.6 Å². The second kappa shape index (κ2) is 6.89. The highest BCUT2D eigenvalue weighted by atomic mass is 16.5. The Bertz CT molecular complexity index is 671. The summed E-state index contributed by atoms with van der Waals surface area (Å²) in [6, 6.07) is 9.18. The number of anilines is 3. The molecule has 0 saturated heterocycles. The Kier molecular flexibility index (Phi) is 4.93. The molecule has 0 spiro atoms. The van der Waals surface area contributed by atoms with Gasteiger partial charge < -0.3 is 15.4 Å². The summed E-state index contributed by atoms with van der Waals surface area (Å²) in [6.07, 6.45) is 0. The average Bonchev–Trinajstić information content (AvgIpc) is 2.45. The molecular formula is C16H20N4O2. The summed E-state index contributed by atoms with van der Waals surface area (Å²) in [5.41, 5.74) is 1.25. The van der Waals surface area contributed by atoms with Crippen LogP contribution in [-0.2, 0) is 4.74 Å². The Labute approximate surface area is 129 Å². The third kappa shape index (κ3) is 4.18. The van der Waals surface area contributed by atoms with E-state index in [-0.39, 0.29) is 12.0 Å². The Morgan fingerprint density at radius 3 is 2.59 bits per heavy atom. The summed E-state index contributed by atoms with van der Waals surface area (Å²) >= 11 is 0. The SMILES string of the molecule is COC(=O)c1cccc(Nc2cc(NC(C)C)nc(C)n2)c1. The quantitative estimate of drug-likeness (QED) is 0.826. The number of hydrogen-bond donors (Lipinski definition) is 2. The fourth-order valence-electron chi connectivity index (χ4n) is 1.99. The molecule has 0 unspecified atom stereocenters. The molecule has 116 valence electrons. The lowest BCUT2D eigenvalue weighted by atomic mass is 10.2. The summed E-state index contributed by atoms with van der Waals surface area (Å²) in [6.45, 7) is 5.93. The van der Waals surface area contributed by atoms with Gasteiger partial charge in [0.15, 0.2) is 0 Å². The standard InChI is InChI=1S/C16H20N4O2/c1-10(2)17-14-9-15(19-11(3)18-14)20-13-7-5-6-12(8-13)16(21)22-4/h5-10H,1-4H3,(H2,17,18,19,20). The highest BCUT2D eigenvalue weighted by Gasteiger charge is 2.07. The number of nitrogens with one attached hydrogen (secondary N) is 2. The molecule has 0 fully saturated rings. The van der Waals surface area contributed by atoms with Gasteiger partial charge in [0.05, 0.1) is 12.7 Å². The first kappa shape index (κ1) is 15.8. The van der Waals surface area contributed by atoms with E-state index >= 15 is 0 Å². The minimum absolute atomic E-state index is 0.282. The lowest BCUT2D eigenvalue weighted by molar-refractivity contribution is 0.0601. The molecule has 0 amide bonds. The Morgan fingerprint density at radius 1 is 1.18 bits per heavy atom. The average molecular weight is 300 g/mol. The topological polar surface area (TPSA) is 76.1 Å². The number of benzene rings is 1. The second-order valence-corrected chi connectivity index (χ2v) is 5.18. The van der Waals surface area contributed by atoms with Gasteiger partial charge in [-0.1, -0.05) is 6.07 Å². The summed E-state index contributed by atoms with van der Waals surface area (Å²) in [4.78, 5) is 20.3. The highest BCUT2D eigenvalue weighted by molar-refractivity contribution is 5.90. The molecule has 1 heterocycles. The first-order valence-corrected chi connectivity index (χ1v) is 7.05. The largest absolute Gasteiger partial charge is 0.465 e. The number of rotatable bonds is 5. The van der Waals surface area contributed by atoms with Gasteiger partial charge >= 0.3 is 5.97 Å². The lowest BCUT2D eigenvalue weighted by Gasteiger charge is -2.12. The molecule has 1 aromatic carbocycles. The number of carbonyl (C=O) groups is 1. The summed E-state index contributed by atoms with van der Waals surface area (Å²) in [5.74, 6) is 1.72. The van der Waals surface area contributed by atoms with Gasteiger partial charge in [0.1, 0.15) is 17.5 Å². The molecule has 1 aromatic heterocycles. The maximum Gasteiger partial charge on any atom is 0.337 e. The molecule has 2 aromatic rings. The van der Waals surface area contributed by atoms with E-state index in [1.54, 1.807) is 18.2 Å². The van der Waals surface area contributed by atoms with Crippen molar-refractivity contribution >= 4 is 23.3 Å². The normalized spacial score (nSPS) is 10.4. The number of nitrogens with zero attached hydrogens (tertiary/aromatic N) is 2. The van der Waals surface area contributed by atoms with E-state index in [1.807, 2.05) is 32.9 Å². The van der Waals surface area contributed by atoms with Crippen LogP contribution in [0, 0.1) is 6.92 Å². The molecule has 0 atom stereocenters. The number of methoxy groups -OCH3 is 1. The van der Waals surface area contributed by atoms with Gasteiger partial charge in [-0.25, -0.2) is 14.8 Å². The van der Waals surface area contributed by atoms with E-state index in [9.17, 15) is 4.79 Å². The van der Waals surface area contributed by atoms with Crippen molar-refractivity contribution in [2.24, 2.45) is 0 Å². The van der Waals surface area contributed by atoms with E-state index in [1.165, 1.54) is 7.11 Å². The Balaban J connectivity index is 2.23. The number of carbonyl (C=O) groups excluding carboxylic acids is 1.